The van der Waals surface area contributed by atoms with Gasteiger partial charge in [-0.2, -0.15) is 4.98 Å². The number of hydrogen-bond donors (Lipinski definition) is 4. The number of nitrogens with two attached hydrogens (primary N) is 1. The Bertz CT molecular complexity index is 1840. The van der Waals surface area contributed by atoms with Crippen molar-refractivity contribution in [2.45, 2.75) is 19.1 Å². The molecule has 5 N–H and O–H groups in total. The topological polar surface area (TPSA) is 183 Å². The first-order valence-electron chi connectivity index (χ1n) is 12.8. The molecule has 5 rings (SSSR count). The van der Waals surface area contributed by atoms with Crippen LogP contribution in [0, 0.1) is 11.8 Å². The minimum atomic E-state index is -1.32. The smallest absolute Gasteiger partial charge is 0.349 e. The van der Waals surface area contributed by atoms with E-state index in [1.807, 2.05) is 0 Å². The lowest BCUT2D eigenvalue weighted by Crippen LogP contribution is -2.33. The number of esters is 1. The second-order valence-corrected chi connectivity index (χ2v) is 9.59. The summed E-state index contributed by atoms with van der Waals surface area (Å²) in [4.78, 5) is 51.9. The summed E-state index contributed by atoms with van der Waals surface area (Å²) in [5, 5.41) is 22.5. The molecule has 12 nitrogen and oxygen atoms in total. The van der Waals surface area contributed by atoms with Crippen molar-refractivity contribution in [2.24, 2.45) is 0 Å². The normalized spacial score (nSPS) is 12.4. The van der Waals surface area contributed by atoms with Gasteiger partial charge in [0.1, 0.15) is 35.1 Å². The van der Waals surface area contributed by atoms with Gasteiger partial charge in [-0.25, -0.2) is 9.59 Å². The molecule has 0 bridgehead atoms. The van der Waals surface area contributed by atoms with Crippen molar-refractivity contribution in [3.8, 4) is 34.8 Å². The first-order chi connectivity index (χ1) is 20.6. The zero-order valence-electron chi connectivity index (χ0n) is 22.7. The largest absolute Gasteiger partial charge is 0.508 e. The number of carbonyl (C=O) groups is 3. The third-order valence-corrected chi connectivity index (χ3v) is 6.71. The second kappa shape index (κ2) is 11.4. The highest BCUT2D eigenvalue weighted by molar-refractivity contribution is 5.96. The summed E-state index contributed by atoms with van der Waals surface area (Å²) in [5.74, 6) is 4.65. The number of anilines is 1. The average molecular weight is 581 g/mol. The fraction of sp³-hybridized carbons (Fsp3) is 0.129. The standard InChI is InChI=1S/C31H24N4O8/c1-31(23-10-8-21(37)15-25(23)42-26-16-22(38)9-11-24(26)31)43-29(40)19-6-4-18(5-7-19)28(39)33-12-2-3-20-17-35(13-14-36)30(41)34-27(20)32/h4-11,14-17,37-38H,12-13H2,1H3,(H,33,39)(H2,32,34,41). The van der Waals surface area contributed by atoms with Gasteiger partial charge in [0.05, 0.1) is 24.2 Å². The molecule has 43 heavy (non-hydrogen) atoms. The van der Waals surface area contributed by atoms with Gasteiger partial charge in [-0.3, -0.25) is 9.36 Å². The van der Waals surface area contributed by atoms with Crippen LogP contribution in [-0.4, -0.2) is 44.5 Å². The number of aromatic nitrogens is 2. The maximum atomic E-state index is 13.3. The summed E-state index contributed by atoms with van der Waals surface area (Å²) in [6.07, 6.45) is 1.86. The quantitative estimate of drug-likeness (QED) is 0.150. The Hall–Kier alpha value is -6.09. The van der Waals surface area contributed by atoms with Crippen LogP contribution in [0.5, 0.6) is 23.0 Å². The van der Waals surface area contributed by atoms with Gasteiger partial charge in [-0.15, -0.1) is 0 Å². The van der Waals surface area contributed by atoms with E-state index in [-0.39, 0.29) is 58.6 Å². The first-order valence-corrected chi connectivity index (χ1v) is 12.8. The molecule has 4 aromatic rings. The number of fused-ring (bicyclic) bond motifs is 2. The van der Waals surface area contributed by atoms with Crippen LogP contribution in [0.1, 0.15) is 44.3 Å². The van der Waals surface area contributed by atoms with E-state index in [4.69, 9.17) is 15.2 Å². The lowest BCUT2D eigenvalue weighted by molar-refractivity contribution is -0.108. The number of aromatic hydroxyl groups is 2. The van der Waals surface area contributed by atoms with E-state index in [0.717, 1.165) is 4.57 Å². The number of phenolic OH excluding ortho intramolecular Hbond substituents is 2. The Morgan fingerprint density at radius 3 is 2.26 bits per heavy atom. The molecule has 0 spiro atoms. The number of nitrogen functional groups attached to an aromatic ring is 1. The SMILES string of the molecule is CC1(OC(=O)c2ccc(C(=O)NCC#Cc3cn(CC=O)c(=O)nc3N)cc2)c2ccc(O)cc2Oc2cc(O)ccc21. The highest BCUT2D eigenvalue weighted by atomic mass is 16.6. The molecule has 0 fully saturated rings. The number of ether oxygens (including phenoxy) is 2. The van der Waals surface area contributed by atoms with Crippen molar-refractivity contribution in [1.29, 1.82) is 0 Å². The van der Waals surface area contributed by atoms with E-state index in [9.17, 15) is 29.4 Å². The molecule has 0 saturated heterocycles. The molecule has 3 aromatic carbocycles. The minimum Gasteiger partial charge on any atom is -0.508 e. The van der Waals surface area contributed by atoms with Gasteiger partial charge >= 0.3 is 11.7 Å². The van der Waals surface area contributed by atoms with Crippen LogP contribution in [0.15, 0.2) is 71.7 Å². The lowest BCUT2D eigenvalue weighted by Gasteiger charge is -2.36. The molecule has 0 radical (unpaired) electrons. The average Bonchev–Trinajstić information content (AvgIpc) is 2.97. The number of amides is 1. The molecule has 1 amide bonds. The van der Waals surface area contributed by atoms with E-state index < -0.39 is 23.2 Å². The molecule has 216 valence electrons. The second-order valence-electron chi connectivity index (χ2n) is 9.59. The predicted molar refractivity (Wildman–Crippen MR) is 153 cm³/mol. The summed E-state index contributed by atoms with van der Waals surface area (Å²) >= 11 is 0. The Morgan fingerprint density at radius 1 is 1.05 bits per heavy atom. The number of nitrogens with zero attached hydrogens (tertiary/aromatic N) is 2. The number of phenols is 2. The fourth-order valence-electron chi connectivity index (χ4n) is 4.53. The third-order valence-electron chi connectivity index (χ3n) is 6.71. The Labute approximate surface area is 244 Å². The molecule has 0 unspecified atom stereocenters. The molecule has 12 heteroatoms. The molecule has 2 heterocycles. The van der Waals surface area contributed by atoms with Crippen molar-refractivity contribution in [2.75, 3.05) is 12.3 Å². The number of benzene rings is 3. The number of aldehydes is 1. The molecule has 1 aromatic heterocycles. The number of rotatable bonds is 6. The van der Waals surface area contributed by atoms with E-state index in [1.54, 1.807) is 19.1 Å². The fourth-order valence-corrected chi connectivity index (χ4v) is 4.53. The van der Waals surface area contributed by atoms with E-state index in [0.29, 0.717) is 17.4 Å². The number of hydrogen-bond acceptors (Lipinski definition) is 10. The van der Waals surface area contributed by atoms with E-state index in [2.05, 4.69) is 22.1 Å². The van der Waals surface area contributed by atoms with Crippen LogP contribution in [0.25, 0.3) is 0 Å². The number of nitrogens with one attached hydrogen (secondary N) is 1. The van der Waals surface area contributed by atoms with Crippen LogP contribution in [0.4, 0.5) is 5.82 Å². The van der Waals surface area contributed by atoms with Crippen LogP contribution in [0.3, 0.4) is 0 Å². The van der Waals surface area contributed by atoms with Crippen LogP contribution < -0.4 is 21.5 Å². The summed E-state index contributed by atoms with van der Waals surface area (Å²) in [7, 11) is 0. The van der Waals surface area contributed by atoms with Gasteiger partial charge in [0.25, 0.3) is 5.91 Å². The molecule has 1 aliphatic heterocycles. The molecule has 0 atom stereocenters. The van der Waals surface area contributed by atoms with E-state index >= 15 is 0 Å². The highest BCUT2D eigenvalue weighted by Crippen LogP contribution is 2.50. The zero-order chi connectivity index (χ0) is 30.7. The van der Waals surface area contributed by atoms with Crippen LogP contribution in [0.2, 0.25) is 0 Å². The Morgan fingerprint density at radius 2 is 1.65 bits per heavy atom. The first kappa shape index (κ1) is 28.4. The molecular weight excluding hydrogens is 556 g/mol. The van der Waals surface area contributed by atoms with Gasteiger partial charge in [-0.1, -0.05) is 11.8 Å². The Balaban J connectivity index is 1.28. The van der Waals surface area contributed by atoms with Crippen molar-refractivity contribution in [3.05, 3.63) is 105 Å². The lowest BCUT2D eigenvalue weighted by atomic mass is 9.84. The van der Waals surface area contributed by atoms with Crippen molar-refractivity contribution in [3.63, 3.8) is 0 Å². The maximum absolute atomic E-state index is 13.3. The van der Waals surface area contributed by atoms with Gasteiger partial charge < -0.3 is 35.5 Å². The molecule has 0 saturated carbocycles. The third kappa shape index (κ3) is 5.73. The van der Waals surface area contributed by atoms with Gasteiger partial charge in [0.2, 0.25) is 0 Å². The summed E-state index contributed by atoms with van der Waals surface area (Å²) in [6.45, 7) is 1.44. The van der Waals surface area contributed by atoms with Crippen molar-refractivity contribution in [1.82, 2.24) is 14.9 Å². The maximum Gasteiger partial charge on any atom is 0.349 e. The summed E-state index contributed by atoms with van der Waals surface area (Å²) < 4.78 is 12.9. The Kier molecular flexibility index (Phi) is 7.55. The molecule has 1 aliphatic rings. The van der Waals surface area contributed by atoms with Gasteiger partial charge in [-0.05, 0) is 55.5 Å². The van der Waals surface area contributed by atoms with Gasteiger partial charge in [0.15, 0.2) is 5.60 Å². The zero-order valence-corrected chi connectivity index (χ0v) is 22.7. The monoisotopic (exact) mass is 580 g/mol. The van der Waals surface area contributed by atoms with Crippen LogP contribution in [-0.2, 0) is 21.7 Å². The molecular formula is C31H24N4O8. The summed E-state index contributed by atoms with van der Waals surface area (Å²) in [6, 6.07) is 14.7. The highest BCUT2D eigenvalue weighted by Gasteiger charge is 2.42. The predicted octanol–water partition coefficient (Wildman–Crippen LogP) is 2.44. The number of carbonyl (C=O) groups excluding carboxylic acids is 3. The van der Waals surface area contributed by atoms with Gasteiger partial charge in [0, 0.05) is 35.0 Å². The minimum absolute atomic E-state index is 0.0438. The van der Waals surface area contributed by atoms with Crippen LogP contribution >= 0.6 is 0 Å². The van der Waals surface area contributed by atoms with E-state index in [1.165, 1.54) is 54.7 Å². The summed E-state index contributed by atoms with van der Waals surface area (Å²) in [5.41, 5.74) is 5.38. The van der Waals surface area contributed by atoms with Crippen molar-refractivity contribution >= 4 is 24.0 Å². The molecule has 0 aliphatic carbocycles. The van der Waals surface area contributed by atoms with Crippen molar-refractivity contribution < 1.29 is 34.1 Å².